The van der Waals surface area contributed by atoms with E-state index in [2.05, 4.69) is 53.8 Å². The Kier molecular flexibility index (Phi) is 44.0. The van der Waals surface area contributed by atoms with Crippen LogP contribution in [0.4, 0.5) is 0 Å². The molecule has 0 aromatic carbocycles. The second kappa shape index (κ2) is 45.0. The molecular formula is C42H83N3O2. The maximum Gasteiger partial charge on any atom is 0.0965 e. The number of nitrogens with zero attached hydrogens (tertiary/aromatic N) is 1. The number of aliphatic imine (C=N–C) groups is 1. The Labute approximate surface area is 295 Å². The van der Waals surface area contributed by atoms with Crippen LogP contribution in [0.3, 0.4) is 0 Å². The van der Waals surface area contributed by atoms with Gasteiger partial charge in [0.15, 0.2) is 0 Å². The van der Waals surface area contributed by atoms with Gasteiger partial charge >= 0.3 is 0 Å². The van der Waals surface area contributed by atoms with E-state index < -0.39 is 0 Å². The van der Waals surface area contributed by atoms with E-state index in [-0.39, 0.29) is 0 Å². The molecular weight excluding hydrogens is 578 g/mol. The summed E-state index contributed by atoms with van der Waals surface area (Å²) in [5.74, 6) is 0. The molecule has 0 saturated carbocycles. The fourth-order valence-electron chi connectivity index (χ4n) is 5.63. The minimum Gasteiger partial charge on any atom is -0.366 e. The first-order valence-corrected chi connectivity index (χ1v) is 20.8. The van der Waals surface area contributed by atoms with Crippen molar-refractivity contribution in [3.8, 4) is 0 Å². The first kappa shape index (κ1) is 46.0. The van der Waals surface area contributed by atoms with Crippen LogP contribution >= 0.6 is 0 Å². The van der Waals surface area contributed by atoms with Crippen molar-refractivity contribution in [3.05, 3.63) is 24.3 Å². The lowest BCUT2D eigenvalue weighted by Crippen LogP contribution is -2.21. The van der Waals surface area contributed by atoms with E-state index in [9.17, 15) is 0 Å². The first-order chi connectivity index (χ1) is 23.4. The highest BCUT2D eigenvalue weighted by Gasteiger charge is 1.94. The van der Waals surface area contributed by atoms with Crippen molar-refractivity contribution in [3.63, 3.8) is 0 Å². The van der Waals surface area contributed by atoms with Crippen molar-refractivity contribution in [1.82, 2.24) is 10.6 Å². The minimum atomic E-state index is 0.636. The van der Waals surface area contributed by atoms with Crippen LogP contribution in [0.25, 0.3) is 0 Å². The fourth-order valence-corrected chi connectivity index (χ4v) is 5.63. The number of nitrogens with one attached hydrogen (secondary N) is 2. The Morgan fingerprint density at radius 1 is 0.404 bits per heavy atom. The summed E-state index contributed by atoms with van der Waals surface area (Å²) >= 11 is 0. The quantitative estimate of drug-likeness (QED) is 0.0296. The van der Waals surface area contributed by atoms with E-state index in [0.717, 1.165) is 45.7 Å². The average Bonchev–Trinajstić information content (AvgIpc) is 3.08. The molecule has 0 aromatic rings. The second-order valence-electron chi connectivity index (χ2n) is 13.5. The molecule has 0 saturated heterocycles. The van der Waals surface area contributed by atoms with Gasteiger partial charge in [0, 0.05) is 19.8 Å². The number of unbranched alkanes of at least 4 members (excludes halogenated alkanes) is 23. The van der Waals surface area contributed by atoms with Crippen LogP contribution in [0, 0.1) is 0 Å². The van der Waals surface area contributed by atoms with Crippen molar-refractivity contribution in [1.29, 1.82) is 0 Å². The molecule has 0 rings (SSSR count). The Balaban J connectivity index is 3.15. The second-order valence-corrected chi connectivity index (χ2v) is 13.5. The van der Waals surface area contributed by atoms with Gasteiger partial charge in [-0.1, -0.05) is 141 Å². The van der Waals surface area contributed by atoms with Crippen molar-refractivity contribution in [2.75, 3.05) is 46.3 Å². The summed E-state index contributed by atoms with van der Waals surface area (Å²) in [5, 5.41) is 6.74. The van der Waals surface area contributed by atoms with E-state index in [4.69, 9.17) is 9.47 Å². The van der Waals surface area contributed by atoms with Crippen molar-refractivity contribution < 1.29 is 9.47 Å². The smallest absolute Gasteiger partial charge is 0.0965 e. The van der Waals surface area contributed by atoms with Crippen LogP contribution in [0.2, 0.25) is 0 Å². The van der Waals surface area contributed by atoms with Gasteiger partial charge in [0.05, 0.1) is 20.0 Å². The number of ether oxygens (including phenoxy) is 2. The summed E-state index contributed by atoms with van der Waals surface area (Å²) in [5.41, 5.74) is 0. The summed E-state index contributed by atoms with van der Waals surface area (Å²) in [6.45, 7) is 10.3. The van der Waals surface area contributed by atoms with E-state index in [1.165, 1.54) is 167 Å². The molecule has 278 valence electrons. The first-order valence-electron chi connectivity index (χ1n) is 20.8. The molecule has 2 N–H and O–H groups in total. The maximum absolute atomic E-state index is 5.71. The zero-order valence-electron chi connectivity index (χ0n) is 31.9. The highest BCUT2D eigenvalue weighted by Crippen LogP contribution is 2.10. The van der Waals surface area contributed by atoms with E-state index in [1.54, 1.807) is 0 Å². The van der Waals surface area contributed by atoms with Crippen LogP contribution in [-0.2, 0) is 9.47 Å². The molecule has 0 spiro atoms. The molecule has 0 aromatic heterocycles. The summed E-state index contributed by atoms with van der Waals surface area (Å²) in [6, 6.07) is 0. The lowest BCUT2D eigenvalue weighted by atomic mass is 10.1. The molecule has 0 heterocycles. The molecule has 0 fully saturated rings. The zero-order valence-corrected chi connectivity index (χ0v) is 31.9. The van der Waals surface area contributed by atoms with Crippen LogP contribution in [0.5, 0.6) is 0 Å². The van der Waals surface area contributed by atoms with Crippen molar-refractivity contribution >= 4 is 6.21 Å². The molecule has 0 aliphatic rings. The third kappa shape index (κ3) is 45.0. The van der Waals surface area contributed by atoms with Crippen LogP contribution < -0.4 is 10.6 Å². The van der Waals surface area contributed by atoms with Gasteiger partial charge in [-0.2, -0.15) is 0 Å². The number of hydrogen-bond acceptors (Lipinski definition) is 5. The summed E-state index contributed by atoms with van der Waals surface area (Å²) in [7, 11) is 0. The minimum absolute atomic E-state index is 0.636. The Bertz CT molecular complexity index is 637. The Morgan fingerprint density at radius 2 is 0.809 bits per heavy atom. The fraction of sp³-hybridized carbons (Fsp3) is 0.881. The molecule has 0 atom stereocenters. The topological polar surface area (TPSA) is 54.9 Å². The van der Waals surface area contributed by atoms with E-state index in [0.29, 0.717) is 13.5 Å². The van der Waals surface area contributed by atoms with Crippen LogP contribution in [0.1, 0.15) is 194 Å². The van der Waals surface area contributed by atoms with E-state index in [1.807, 2.05) is 6.21 Å². The summed E-state index contributed by atoms with van der Waals surface area (Å²) in [6.07, 6.45) is 48.6. The van der Waals surface area contributed by atoms with Crippen molar-refractivity contribution in [2.24, 2.45) is 4.99 Å². The largest absolute Gasteiger partial charge is 0.366 e. The molecule has 0 aliphatic heterocycles. The average molecular weight is 662 g/mol. The third-order valence-corrected chi connectivity index (χ3v) is 8.74. The third-order valence-electron chi connectivity index (χ3n) is 8.74. The Hall–Kier alpha value is -1.01. The lowest BCUT2D eigenvalue weighted by molar-refractivity contribution is 0.113. The van der Waals surface area contributed by atoms with Gasteiger partial charge in [-0.15, -0.1) is 0 Å². The number of allylic oxidation sites excluding steroid dienone is 4. The zero-order chi connectivity index (χ0) is 33.8. The van der Waals surface area contributed by atoms with Crippen LogP contribution in [-0.4, -0.2) is 52.5 Å². The summed E-state index contributed by atoms with van der Waals surface area (Å²) in [4.78, 5) is 4.49. The van der Waals surface area contributed by atoms with Gasteiger partial charge in [-0.25, -0.2) is 0 Å². The molecule has 5 heteroatoms. The predicted octanol–water partition coefficient (Wildman–Crippen LogP) is 12.3. The standard InChI is InChI=1S/C42H83N3O2/c1-3-5-7-9-11-13-15-17-19-21-23-25-27-29-31-36-44-41-47-40-34-32-35-43-37-38-45-42-46-39-33-30-28-26-24-22-20-18-16-14-12-10-8-6-4-2/h17-20,35,44-45H,3-16,21-34,36-42H2,1-2H3. The SMILES string of the molecule is CCCCCCCCC=CCCCCCCCNCOCCCC=NCCNCOCCCCCCCC=CCCCCCCCC. The highest BCUT2D eigenvalue weighted by atomic mass is 16.5. The predicted molar refractivity (Wildman–Crippen MR) is 210 cm³/mol. The molecule has 0 aliphatic carbocycles. The van der Waals surface area contributed by atoms with Gasteiger partial charge in [0.25, 0.3) is 0 Å². The maximum atomic E-state index is 5.71. The highest BCUT2D eigenvalue weighted by molar-refractivity contribution is 5.56. The molecule has 0 bridgehead atoms. The number of rotatable bonds is 41. The summed E-state index contributed by atoms with van der Waals surface area (Å²) < 4.78 is 11.4. The van der Waals surface area contributed by atoms with Crippen molar-refractivity contribution in [2.45, 2.75) is 194 Å². The van der Waals surface area contributed by atoms with E-state index >= 15 is 0 Å². The monoisotopic (exact) mass is 662 g/mol. The van der Waals surface area contributed by atoms with Gasteiger partial charge in [0.2, 0.25) is 0 Å². The molecule has 47 heavy (non-hydrogen) atoms. The van der Waals surface area contributed by atoms with Gasteiger partial charge in [-0.05, 0) is 89.8 Å². The molecule has 0 amide bonds. The number of hydrogen-bond donors (Lipinski definition) is 2. The Morgan fingerprint density at radius 3 is 1.32 bits per heavy atom. The van der Waals surface area contributed by atoms with Gasteiger partial charge < -0.3 is 9.47 Å². The molecule has 0 radical (unpaired) electrons. The van der Waals surface area contributed by atoms with Crippen LogP contribution in [0.15, 0.2) is 29.3 Å². The van der Waals surface area contributed by atoms with Gasteiger partial charge in [0.1, 0.15) is 0 Å². The molecule has 0 unspecified atom stereocenters. The van der Waals surface area contributed by atoms with Gasteiger partial charge in [-0.3, -0.25) is 15.6 Å². The lowest BCUT2D eigenvalue weighted by Gasteiger charge is -2.06. The normalized spacial score (nSPS) is 12.1. The molecule has 5 nitrogen and oxygen atoms in total.